The molecule has 1 aromatic heterocycles. The van der Waals surface area contributed by atoms with Gasteiger partial charge in [-0.25, -0.2) is 4.68 Å². The highest BCUT2D eigenvalue weighted by Gasteiger charge is 2.10. The zero-order valence-electron chi connectivity index (χ0n) is 13.0. The van der Waals surface area contributed by atoms with E-state index in [4.69, 9.17) is 5.10 Å². The van der Waals surface area contributed by atoms with E-state index in [9.17, 15) is 0 Å². The average molecular weight is 271 g/mol. The summed E-state index contributed by atoms with van der Waals surface area (Å²) in [6, 6.07) is 10.7. The fraction of sp³-hybridized carbons (Fsp3) is 0.471. The first-order chi connectivity index (χ1) is 9.60. The summed E-state index contributed by atoms with van der Waals surface area (Å²) in [7, 11) is 0. The van der Waals surface area contributed by atoms with Gasteiger partial charge in [0.05, 0.1) is 11.4 Å². The number of aromatic nitrogens is 2. The molecule has 0 spiro atoms. The monoisotopic (exact) mass is 271 g/mol. The van der Waals surface area contributed by atoms with Crippen LogP contribution in [0.3, 0.4) is 0 Å². The highest BCUT2D eigenvalue weighted by molar-refractivity contribution is 5.47. The highest BCUT2D eigenvalue weighted by Crippen LogP contribution is 2.19. The summed E-state index contributed by atoms with van der Waals surface area (Å²) in [6.45, 7) is 9.70. The van der Waals surface area contributed by atoms with Gasteiger partial charge in [-0.15, -0.1) is 0 Å². The summed E-state index contributed by atoms with van der Waals surface area (Å²) < 4.78 is 2.02. The lowest BCUT2D eigenvalue weighted by Crippen LogP contribution is -2.07. The summed E-state index contributed by atoms with van der Waals surface area (Å²) in [5.41, 5.74) is 3.54. The molecule has 0 unspecified atom stereocenters. The van der Waals surface area contributed by atoms with E-state index < -0.39 is 0 Å². The summed E-state index contributed by atoms with van der Waals surface area (Å²) >= 11 is 0. The highest BCUT2D eigenvalue weighted by atomic mass is 15.3. The molecule has 1 N–H and O–H groups in total. The number of hydrogen-bond acceptors (Lipinski definition) is 2. The Morgan fingerprint density at radius 3 is 2.50 bits per heavy atom. The average Bonchev–Trinajstić information content (AvgIpc) is 2.79. The van der Waals surface area contributed by atoms with E-state index in [1.54, 1.807) is 0 Å². The zero-order valence-corrected chi connectivity index (χ0v) is 13.0. The second-order valence-electron chi connectivity index (χ2n) is 5.79. The van der Waals surface area contributed by atoms with Crippen molar-refractivity contribution in [2.24, 2.45) is 5.92 Å². The zero-order chi connectivity index (χ0) is 14.5. The summed E-state index contributed by atoms with van der Waals surface area (Å²) in [6.07, 6.45) is 2.12. The van der Waals surface area contributed by atoms with E-state index in [2.05, 4.69) is 63.3 Å². The molecule has 0 aliphatic rings. The van der Waals surface area contributed by atoms with Crippen molar-refractivity contribution in [3.05, 3.63) is 41.6 Å². The van der Waals surface area contributed by atoms with E-state index in [-0.39, 0.29) is 0 Å². The molecule has 0 bridgehead atoms. The molecule has 0 saturated heterocycles. The standard InChI is InChI=1S/C17H25N3/c1-5-10-18-17-12-15(11-13(2)3)19-20(17)16-8-6-14(4)7-9-16/h6-9,12-13,18H,5,10-11H2,1-4H3. The molecule has 0 saturated carbocycles. The number of nitrogens with zero attached hydrogens (tertiary/aromatic N) is 2. The van der Waals surface area contributed by atoms with Crippen LogP contribution < -0.4 is 5.32 Å². The second-order valence-corrected chi connectivity index (χ2v) is 5.79. The van der Waals surface area contributed by atoms with Crippen molar-refractivity contribution < 1.29 is 0 Å². The number of aryl methyl sites for hydroxylation is 1. The van der Waals surface area contributed by atoms with Crippen molar-refractivity contribution in [3.8, 4) is 5.69 Å². The third-order valence-electron chi connectivity index (χ3n) is 3.21. The van der Waals surface area contributed by atoms with Crippen LogP contribution in [0.15, 0.2) is 30.3 Å². The minimum absolute atomic E-state index is 0.621. The van der Waals surface area contributed by atoms with Gasteiger partial charge in [-0.05, 0) is 37.8 Å². The molecular formula is C17H25N3. The predicted octanol–water partition coefficient (Wildman–Crippen LogP) is 4.20. The molecule has 0 aliphatic heterocycles. The maximum atomic E-state index is 4.76. The third kappa shape index (κ3) is 3.62. The maximum absolute atomic E-state index is 4.76. The molecule has 0 fully saturated rings. The smallest absolute Gasteiger partial charge is 0.130 e. The molecule has 3 heteroatoms. The van der Waals surface area contributed by atoms with Crippen LogP contribution in [0.4, 0.5) is 5.82 Å². The van der Waals surface area contributed by atoms with Crippen LogP contribution in [-0.4, -0.2) is 16.3 Å². The number of nitrogens with one attached hydrogen (secondary N) is 1. The Bertz CT molecular complexity index is 538. The minimum Gasteiger partial charge on any atom is -0.370 e. The summed E-state index contributed by atoms with van der Waals surface area (Å²) in [5, 5.41) is 8.23. The maximum Gasteiger partial charge on any atom is 0.130 e. The minimum atomic E-state index is 0.621. The predicted molar refractivity (Wildman–Crippen MR) is 85.6 cm³/mol. The van der Waals surface area contributed by atoms with Gasteiger partial charge in [0.25, 0.3) is 0 Å². The number of anilines is 1. The van der Waals surface area contributed by atoms with E-state index in [1.807, 2.05) is 4.68 Å². The first-order valence-electron chi connectivity index (χ1n) is 7.50. The fourth-order valence-corrected chi connectivity index (χ4v) is 2.21. The Balaban J connectivity index is 2.32. The van der Waals surface area contributed by atoms with Gasteiger partial charge in [-0.1, -0.05) is 38.5 Å². The van der Waals surface area contributed by atoms with Gasteiger partial charge in [0.15, 0.2) is 0 Å². The van der Waals surface area contributed by atoms with Crippen molar-refractivity contribution in [3.63, 3.8) is 0 Å². The van der Waals surface area contributed by atoms with Gasteiger partial charge >= 0.3 is 0 Å². The first-order valence-corrected chi connectivity index (χ1v) is 7.50. The van der Waals surface area contributed by atoms with E-state index >= 15 is 0 Å². The third-order valence-corrected chi connectivity index (χ3v) is 3.21. The number of rotatable bonds is 6. The molecule has 2 aromatic rings. The SMILES string of the molecule is CCCNc1cc(CC(C)C)nn1-c1ccc(C)cc1. The van der Waals surface area contributed by atoms with E-state index in [0.29, 0.717) is 5.92 Å². The molecule has 1 aromatic carbocycles. The van der Waals surface area contributed by atoms with Crippen molar-refractivity contribution >= 4 is 5.82 Å². The lowest BCUT2D eigenvalue weighted by molar-refractivity contribution is 0.628. The molecular weight excluding hydrogens is 246 g/mol. The summed E-state index contributed by atoms with van der Waals surface area (Å²) in [5.74, 6) is 1.71. The Morgan fingerprint density at radius 1 is 1.20 bits per heavy atom. The Labute approximate surface area is 122 Å². The summed E-state index contributed by atoms with van der Waals surface area (Å²) in [4.78, 5) is 0. The molecule has 3 nitrogen and oxygen atoms in total. The normalized spacial score (nSPS) is 11.1. The van der Waals surface area contributed by atoms with Crippen LogP contribution in [0.25, 0.3) is 5.69 Å². The van der Waals surface area contributed by atoms with Crippen molar-refractivity contribution in [2.75, 3.05) is 11.9 Å². The van der Waals surface area contributed by atoms with Crippen molar-refractivity contribution in [2.45, 2.75) is 40.5 Å². The van der Waals surface area contributed by atoms with Crippen LogP contribution >= 0.6 is 0 Å². The molecule has 0 radical (unpaired) electrons. The van der Waals surface area contributed by atoms with Crippen LogP contribution in [0.1, 0.15) is 38.4 Å². The molecule has 20 heavy (non-hydrogen) atoms. The van der Waals surface area contributed by atoms with Crippen molar-refractivity contribution in [1.82, 2.24) is 9.78 Å². The van der Waals surface area contributed by atoms with Gasteiger partial charge < -0.3 is 5.32 Å². The van der Waals surface area contributed by atoms with E-state index in [1.165, 1.54) is 5.56 Å². The Morgan fingerprint density at radius 2 is 1.90 bits per heavy atom. The quantitative estimate of drug-likeness (QED) is 0.853. The van der Waals surface area contributed by atoms with Gasteiger partial charge in [0.2, 0.25) is 0 Å². The van der Waals surface area contributed by atoms with E-state index in [0.717, 1.165) is 36.6 Å². The second kappa shape index (κ2) is 6.60. The number of hydrogen-bond donors (Lipinski definition) is 1. The molecule has 2 rings (SSSR count). The lowest BCUT2D eigenvalue weighted by Gasteiger charge is -2.09. The first kappa shape index (κ1) is 14.6. The fourth-order valence-electron chi connectivity index (χ4n) is 2.21. The molecule has 0 aliphatic carbocycles. The molecule has 0 amide bonds. The van der Waals surface area contributed by atoms with Gasteiger partial charge in [-0.3, -0.25) is 0 Å². The van der Waals surface area contributed by atoms with Crippen LogP contribution in [0.5, 0.6) is 0 Å². The lowest BCUT2D eigenvalue weighted by atomic mass is 10.1. The molecule has 1 heterocycles. The Kier molecular flexibility index (Phi) is 4.83. The Hall–Kier alpha value is -1.77. The van der Waals surface area contributed by atoms with Crippen LogP contribution in [0.2, 0.25) is 0 Å². The van der Waals surface area contributed by atoms with Gasteiger partial charge in [0, 0.05) is 12.6 Å². The number of benzene rings is 1. The van der Waals surface area contributed by atoms with Crippen LogP contribution in [-0.2, 0) is 6.42 Å². The van der Waals surface area contributed by atoms with Crippen molar-refractivity contribution in [1.29, 1.82) is 0 Å². The molecule has 108 valence electrons. The van der Waals surface area contributed by atoms with Gasteiger partial charge in [0.1, 0.15) is 5.82 Å². The molecule has 0 atom stereocenters. The topological polar surface area (TPSA) is 29.9 Å². The van der Waals surface area contributed by atoms with Gasteiger partial charge in [-0.2, -0.15) is 5.10 Å². The van der Waals surface area contributed by atoms with Crippen LogP contribution in [0, 0.1) is 12.8 Å². The largest absolute Gasteiger partial charge is 0.370 e.